The second-order valence-electron chi connectivity index (χ2n) is 3.35. The summed E-state index contributed by atoms with van der Waals surface area (Å²) in [6, 6.07) is 4.21. The molecule has 4 nitrogen and oxygen atoms in total. The molecule has 1 heterocycles. The number of aromatic amines is 1. The lowest BCUT2D eigenvalue weighted by molar-refractivity contribution is -0.137. The summed E-state index contributed by atoms with van der Waals surface area (Å²) in [5.41, 5.74) is -1.47. The van der Waals surface area contributed by atoms with E-state index in [0.717, 1.165) is 12.1 Å². The van der Waals surface area contributed by atoms with Gasteiger partial charge in [0.25, 0.3) is 5.88 Å². The molecule has 1 aromatic carbocycles. The molecule has 94 valence electrons. The van der Waals surface area contributed by atoms with Crippen LogP contribution in [0.5, 0.6) is 11.6 Å². The molecule has 0 fully saturated rings. The Morgan fingerprint density at radius 1 is 1.28 bits per heavy atom. The molecule has 0 atom stereocenters. The molecule has 1 N–H and O–H groups in total. The molecule has 2 aromatic rings. The predicted octanol–water partition coefficient (Wildman–Crippen LogP) is 2.58. The highest BCUT2D eigenvalue weighted by Crippen LogP contribution is 2.31. The Balaban J connectivity index is 2.31. The highest BCUT2D eigenvalue weighted by Gasteiger charge is 2.30. The molecule has 7 heteroatoms. The van der Waals surface area contributed by atoms with E-state index in [4.69, 9.17) is 4.74 Å². The van der Waals surface area contributed by atoms with Gasteiger partial charge in [0.05, 0.1) is 5.56 Å². The summed E-state index contributed by atoms with van der Waals surface area (Å²) < 4.78 is 42.3. The summed E-state index contributed by atoms with van der Waals surface area (Å²) in [4.78, 5) is 17.2. The third-order valence-corrected chi connectivity index (χ3v) is 2.05. The van der Waals surface area contributed by atoms with Crippen LogP contribution in [0.15, 0.2) is 41.5 Å². The lowest BCUT2D eigenvalue weighted by Gasteiger charge is -2.08. The summed E-state index contributed by atoms with van der Waals surface area (Å²) in [6.45, 7) is 0. The van der Waals surface area contributed by atoms with Gasteiger partial charge in [0.15, 0.2) is 0 Å². The fraction of sp³-hybridized carbons (Fsp3) is 0.0909. The number of benzene rings is 1. The van der Waals surface area contributed by atoms with Crippen molar-refractivity contribution < 1.29 is 17.9 Å². The van der Waals surface area contributed by atoms with E-state index in [0.29, 0.717) is 0 Å². The van der Waals surface area contributed by atoms with Gasteiger partial charge in [0, 0.05) is 12.4 Å². The first-order valence-electron chi connectivity index (χ1n) is 4.85. The van der Waals surface area contributed by atoms with Crippen LogP contribution < -0.4 is 10.3 Å². The first-order valence-corrected chi connectivity index (χ1v) is 4.85. The molecule has 0 aliphatic heterocycles. The molecular weight excluding hydrogens is 249 g/mol. The number of rotatable bonds is 2. The van der Waals surface area contributed by atoms with Gasteiger partial charge >= 0.3 is 11.7 Å². The van der Waals surface area contributed by atoms with Crippen LogP contribution >= 0.6 is 0 Å². The number of nitrogens with one attached hydrogen (secondary N) is 1. The van der Waals surface area contributed by atoms with E-state index in [-0.39, 0.29) is 11.6 Å². The van der Waals surface area contributed by atoms with Gasteiger partial charge in [0.1, 0.15) is 5.75 Å². The largest absolute Gasteiger partial charge is 0.435 e. The first kappa shape index (κ1) is 12.2. The highest BCUT2D eigenvalue weighted by atomic mass is 19.4. The maximum Gasteiger partial charge on any atom is 0.416 e. The van der Waals surface area contributed by atoms with Crippen molar-refractivity contribution in [1.29, 1.82) is 0 Å². The summed E-state index contributed by atoms with van der Waals surface area (Å²) in [5, 5.41) is 0. The molecule has 1 aromatic heterocycles. The Bertz CT molecular complexity index is 607. The lowest BCUT2D eigenvalue weighted by Crippen LogP contribution is -2.10. The third kappa shape index (κ3) is 2.68. The Kier molecular flexibility index (Phi) is 3.05. The van der Waals surface area contributed by atoms with Gasteiger partial charge in [-0.15, -0.1) is 0 Å². The zero-order valence-corrected chi connectivity index (χ0v) is 8.86. The molecule has 0 unspecified atom stereocenters. The quantitative estimate of drug-likeness (QED) is 0.898. The minimum atomic E-state index is -4.46. The van der Waals surface area contributed by atoms with Crippen molar-refractivity contribution in [1.82, 2.24) is 9.97 Å². The molecule has 0 amide bonds. The molecule has 2 rings (SSSR count). The molecule has 0 aliphatic rings. The van der Waals surface area contributed by atoms with E-state index in [2.05, 4.69) is 9.97 Å². The van der Waals surface area contributed by atoms with Crippen molar-refractivity contribution in [3.05, 3.63) is 52.6 Å². The summed E-state index contributed by atoms with van der Waals surface area (Å²) in [5.74, 6) is -0.411. The number of hydrogen-bond donors (Lipinski definition) is 1. The van der Waals surface area contributed by atoms with E-state index in [9.17, 15) is 18.0 Å². The Morgan fingerprint density at radius 3 is 2.72 bits per heavy atom. The van der Waals surface area contributed by atoms with E-state index in [1.165, 1.54) is 24.5 Å². The Labute approximate surface area is 99.1 Å². The van der Waals surface area contributed by atoms with Gasteiger partial charge in [-0.05, 0) is 18.2 Å². The second kappa shape index (κ2) is 4.52. The van der Waals surface area contributed by atoms with Crippen molar-refractivity contribution in [2.45, 2.75) is 6.18 Å². The number of halogens is 3. The number of alkyl halides is 3. The van der Waals surface area contributed by atoms with Crippen LogP contribution in [0, 0.1) is 0 Å². The smallest absolute Gasteiger partial charge is 0.416 e. The number of hydrogen-bond acceptors (Lipinski definition) is 3. The van der Waals surface area contributed by atoms with E-state index >= 15 is 0 Å². The SMILES string of the molecule is O=c1[nH]ccnc1Oc1cccc(C(F)(F)F)c1. The lowest BCUT2D eigenvalue weighted by atomic mass is 10.2. The highest BCUT2D eigenvalue weighted by molar-refractivity contribution is 5.32. The van der Waals surface area contributed by atoms with Gasteiger partial charge in [-0.3, -0.25) is 4.79 Å². The predicted molar refractivity (Wildman–Crippen MR) is 56.4 cm³/mol. The molecule has 0 saturated heterocycles. The van der Waals surface area contributed by atoms with Crippen LogP contribution in [0.1, 0.15) is 5.56 Å². The average Bonchev–Trinajstić information content (AvgIpc) is 2.31. The standard InChI is InChI=1S/C11H7F3N2O2/c12-11(13,14)7-2-1-3-8(6-7)18-10-9(17)15-4-5-16-10/h1-6H,(H,15,17). The molecule has 0 saturated carbocycles. The maximum atomic E-state index is 12.4. The van der Waals surface area contributed by atoms with E-state index < -0.39 is 17.3 Å². The molecule has 0 aliphatic carbocycles. The molecule has 18 heavy (non-hydrogen) atoms. The summed E-state index contributed by atoms with van der Waals surface area (Å²) >= 11 is 0. The molecule has 0 radical (unpaired) electrons. The molecule has 0 spiro atoms. The Morgan fingerprint density at radius 2 is 2.06 bits per heavy atom. The van der Waals surface area contributed by atoms with Crippen molar-refractivity contribution in [3.63, 3.8) is 0 Å². The second-order valence-corrected chi connectivity index (χ2v) is 3.35. The van der Waals surface area contributed by atoms with Gasteiger partial charge in [-0.2, -0.15) is 13.2 Å². The van der Waals surface area contributed by atoms with Crippen molar-refractivity contribution in [2.24, 2.45) is 0 Å². The normalized spacial score (nSPS) is 11.3. The van der Waals surface area contributed by atoms with E-state index in [1.54, 1.807) is 0 Å². The third-order valence-electron chi connectivity index (χ3n) is 2.05. The number of ether oxygens (including phenoxy) is 1. The van der Waals surface area contributed by atoms with Crippen LogP contribution in [0.4, 0.5) is 13.2 Å². The van der Waals surface area contributed by atoms with E-state index in [1.807, 2.05) is 0 Å². The van der Waals surface area contributed by atoms with Crippen LogP contribution in [0.25, 0.3) is 0 Å². The monoisotopic (exact) mass is 256 g/mol. The summed E-state index contributed by atoms with van der Waals surface area (Å²) in [6.07, 6.45) is -1.90. The zero-order chi connectivity index (χ0) is 13.2. The van der Waals surface area contributed by atoms with Gasteiger partial charge in [-0.1, -0.05) is 6.07 Å². The number of nitrogens with zero attached hydrogens (tertiary/aromatic N) is 1. The maximum absolute atomic E-state index is 12.4. The summed E-state index contributed by atoms with van der Waals surface area (Å²) in [7, 11) is 0. The molecular formula is C11H7F3N2O2. The first-order chi connectivity index (χ1) is 8.47. The van der Waals surface area contributed by atoms with Crippen LogP contribution in [-0.4, -0.2) is 9.97 Å². The van der Waals surface area contributed by atoms with Gasteiger partial charge in [-0.25, -0.2) is 4.98 Å². The minimum Gasteiger partial charge on any atom is -0.435 e. The molecule has 0 bridgehead atoms. The van der Waals surface area contributed by atoms with Gasteiger partial charge < -0.3 is 9.72 Å². The van der Waals surface area contributed by atoms with Crippen molar-refractivity contribution >= 4 is 0 Å². The average molecular weight is 256 g/mol. The van der Waals surface area contributed by atoms with Crippen molar-refractivity contribution in [3.8, 4) is 11.6 Å². The van der Waals surface area contributed by atoms with Crippen LogP contribution in [-0.2, 0) is 6.18 Å². The minimum absolute atomic E-state index is 0.103. The van der Waals surface area contributed by atoms with Crippen molar-refractivity contribution in [2.75, 3.05) is 0 Å². The fourth-order valence-electron chi connectivity index (χ4n) is 1.26. The zero-order valence-electron chi connectivity index (χ0n) is 8.86. The topological polar surface area (TPSA) is 55.0 Å². The van der Waals surface area contributed by atoms with Crippen LogP contribution in [0.3, 0.4) is 0 Å². The van der Waals surface area contributed by atoms with Gasteiger partial charge in [0.2, 0.25) is 0 Å². The fourth-order valence-corrected chi connectivity index (χ4v) is 1.26. The number of H-pyrrole nitrogens is 1. The Hall–Kier alpha value is -2.31. The number of aromatic nitrogens is 2. The van der Waals surface area contributed by atoms with Crippen LogP contribution in [0.2, 0.25) is 0 Å².